The molecule has 1 fully saturated rings. The summed E-state index contributed by atoms with van der Waals surface area (Å²) >= 11 is 0. The molecule has 6 nitrogen and oxygen atoms in total. The third-order valence-corrected chi connectivity index (χ3v) is 2.57. The third-order valence-electron chi connectivity index (χ3n) is 2.57. The largest absolute Gasteiger partial charge is 0.378 e. The Kier molecular flexibility index (Phi) is 6.11. The van der Waals surface area contributed by atoms with Crippen LogP contribution in [0.25, 0.3) is 0 Å². The number of carbonyl (C=O) groups is 1. The van der Waals surface area contributed by atoms with Gasteiger partial charge in [-0.1, -0.05) is 5.16 Å². The summed E-state index contributed by atoms with van der Waals surface area (Å²) in [4.78, 5) is 11.6. The van der Waals surface area contributed by atoms with Gasteiger partial charge in [0.1, 0.15) is 0 Å². The summed E-state index contributed by atoms with van der Waals surface area (Å²) in [5, 5.41) is 9.77. The average molecular weight is 276 g/mol. The van der Waals surface area contributed by atoms with Crippen molar-refractivity contribution in [3.63, 3.8) is 0 Å². The number of nitrogens with one attached hydrogen (secondary N) is 2. The molecule has 1 unspecified atom stereocenters. The van der Waals surface area contributed by atoms with E-state index in [-0.39, 0.29) is 24.4 Å². The molecule has 1 saturated heterocycles. The fourth-order valence-electron chi connectivity index (χ4n) is 1.73. The van der Waals surface area contributed by atoms with Crippen molar-refractivity contribution < 1.29 is 14.1 Å². The zero-order valence-corrected chi connectivity index (χ0v) is 11.1. The van der Waals surface area contributed by atoms with Gasteiger partial charge in [-0.15, -0.1) is 12.4 Å². The van der Waals surface area contributed by atoms with Gasteiger partial charge in [0, 0.05) is 25.1 Å². The maximum Gasteiger partial charge on any atom is 0.222 e. The second-order valence-corrected chi connectivity index (χ2v) is 4.14. The predicted molar refractivity (Wildman–Crippen MR) is 67.6 cm³/mol. The monoisotopic (exact) mass is 275 g/mol. The summed E-state index contributed by atoms with van der Waals surface area (Å²) in [7, 11) is 0. The molecule has 18 heavy (non-hydrogen) atoms. The molecular formula is C11H18ClN3O3. The molecule has 102 valence electrons. The first-order chi connectivity index (χ1) is 8.24. The first-order valence-corrected chi connectivity index (χ1v) is 5.74. The smallest absolute Gasteiger partial charge is 0.222 e. The Balaban J connectivity index is 0.00000162. The van der Waals surface area contributed by atoms with Gasteiger partial charge in [0.15, 0.2) is 5.76 Å². The fraction of sp³-hybridized carbons (Fsp3) is 0.636. The zero-order valence-electron chi connectivity index (χ0n) is 10.3. The van der Waals surface area contributed by atoms with Crippen molar-refractivity contribution in [2.24, 2.45) is 0 Å². The topological polar surface area (TPSA) is 76.4 Å². The number of nitrogens with zero attached hydrogens (tertiary/aromatic N) is 1. The number of morpholine rings is 1. The van der Waals surface area contributed by atoms with Crippen LogP contribution in [0.5, 0.6) is 0 Å². The minimum atomic E-state index is -0.0120. The number of aryl methyl sites for hydroxylation is 1. The summed E-state index contributed by atoms with van der Waals surface area (Å²) < 4.78 is 10.3. The van der Waals surface area contributed by atoms with Crippen LogP contribution in [0.3, 0.4) is 0 Å². The fourth-order valence-corrected chi connectivity index (χ4v) is 1.73. The number of hydrogen-bond donors (Lipinski definition) is 2. The van der Waals surface area contributed by atoms with Crippen LogP contribution in [0.2, 0.25) is 0 Å². The summed E-state index contributed by atoms with van der Waals surface area (Å²) in [6, 6.07) is 1.92. The van der Waals surface area contributed by atoms with E-state index in [1.807, 2.05) is 13.0 Å². The molecule has 0 aromatic carbocycles. The van der Waals surface area contributed by atoms with E-state index in [1.54, 1.807) is 0 Å². The van der Waals surface area contributed by atoms with E-state index in [2.05, 4.69) is 15.8 Å². The lowest BCUT2D eigenvalue weighted by Gasteiger charge is -2.23. The first kappa shape index (κ1) is 14.9. The lowest BCUT2D eigenvalue weighted by atomic mass is 10.2. The van der Waals surface area contributed by atoms with Crippen molar-refractivity contribution in [2.75, 3.05) is 19.8 Å². The van der Waals surface area contributed by atoms with E-state index in [4.69, 9.17) is 9.26 Å². The van der Waals surface area contributed by atoms with Crippen LogP contribution < -0.4 is 10.6 Å². The predicted octanol–water partition coefficient (Wildman–Crippen LogP) is 0.400. The Bertz CT molecular complexity index is 377. The summed E-state index contributed by atoms with van der Waals surface area (Å²) in [5.74, 6) is 0.658. The molecule has 1 aromatic rings. The summed E-state index contributed by atoms with van der Waals surface area (Å²) in [6.07, 6.45) is 0.424. The van der Waals surface area contributed by atoms with Crippen LogP contribution >= 0.6 is 12.4 Å². The van der Waals surface area contributed by atoms with Crippen molar-refractivity contribution in [3.8, 4) is 0 Å². The van der Waals surface area contributed by atoms with E-state index in [1.165, 1.54) is 0 Å². The van der Waals surface area contributed by atoms with Gasteiger partial charge in [-0.05, 0) is 6.92 Å². The Morgan fingerprint density at radius 1 is 1.67 bits per heavy atom. The molecule has 0 radical (unpaired) electrons. The highest BCUT2D eigenvalue weighted by atomic mass is 35.5. The number of carbonyl (C=O) groups excluding carboxylic acids is 1. The second-order valence-electron chi connectivity index (χ2n) is 4.14. The van der Waals surface area contributed by atoms with E-state index in [0.717, 1.165) is 18.8 Å². The first-order valence-electron chi connectivity index (χ1n) is 5.74. The van der Waals surface area contributed by atoms with Gasteiger partial charge in [-0.2, -0.15) is 0 Å². The summed E-state index contributed by atoms with van der Waals surface area (Å²) in [6.45, 7) is 4.34. The van der Waals surface area contributed by atoms with E-state index < -0.39 is 0 Å². The van der Waals surface area contributed by atoms with Crippen LogP contribution in [0, 0.1) is 6.92 Å². The maximum atomic E-state index is 11.6. The molecule has 0 spiro atoms. The normalized spacial score (nSPS) is 19.1. The number of ether oxygens (including phenoxy) is 1. The van der Waals surface area contributed by atoms with Gasteiger partial charge >= 0.3 is 0 Å². The van der Waals surface area contributed by atoms with Gasteiger partial charge in [0.25, 0.3) is 0 Å². The average Bonchev–Trinajstić information content (AvgIpc) is 2.74. The molecule has 0 aliphatic carbocycles. The van der Waals surface area contributed by atoms with Crippen LogP contribution in [-0.2, 0) is 16.1 Å². The lowest BCUT2D eigenvalue weighted by molar-refractivity contribution is -0.122. The molecule has 7 heteroatoms. The van der Waals surface area contributed by atoms with Gasteiger partial charge in [-0.3, -0.25) is 4.79 Å². The SMILES string of the molecule is Cc1cc(CNC(=O)CC2COCCN2)on1.Cl. The van der Waals surface area contributed by atoms with Crippen molar-refractivity contribution in [2.45, 2.75) is 25.9 Å². The highest BCUT2D eigenvalue weighted by Crippen LogP contribution is 2.02. The minimum absolute atomic E-state index is 0. The Morgan fingerprint density at radius 3 is 3.11 bits per heavy atom. The molecule has 1 atom stereocenters. The zero-order chi connectivity index (χ0) is 12.1. The molecule has 2 rings (SSSR count). The van der Waals surface area contributed by atoms with Gasteiger partial charge in [0.2, 0.25) is 5.91 Å². The molecule has 2 heterocycles. The highest BCUT2D eigenvalue weighted by Gasteiger charge is 2.16. The van der Waals surface area contributed by atoms with Crippen LogP contribution in [-0.4, -0.2) is 36.9 Å². The quantitative estimate of drug-likeness (QED) is 0.832. The van der Waals surface area contributed by atoms with Crippen LogP contribution in [0.15, 0.2) is 10.6 Å². The van der Waals surface area contributed by atoms with Crippen molar-refractivity contribution >= 4 is 18.3 Å². The standard InChI is InChI=1S/C11H17N3O3.ClH/c1-8-4-10(17-14-8)6-13-11(15)5-9-7-16-3-2-12-9;/h4,9,12H,2-3,5-7H2,1H3,(H,13,15);1H. The molecular weight excluding hydrogens is 258 g/mol. The maximum absolute atomic E-state index is 11.6. The number of aromatic nitrogens is 1. The number of hydrogen-bond acceptors (Lipinski definition) is 5. The summed E-state index contributed by atoms with van der Waals surface area (Å²) in [5.41, 5.74) is 0.816. The van der Waals surface area contributed by atoms with Crippen molar-refractivity contribution in [3.05, 3.63) is 17.5 Å². The third kappa shape index (κ3) is 4.64. The van der Waals surface area contributed by atoms with Gasteiger partial charge in [0.05, 0.1) is 25.5 Å². The molecule has 1 aliphatic heterocycles. The van der Waals surface area contributed by atoms with Crippen molar-refractivity contribution in [1.29, 1.82) is 0 Å². The highest BCUT2D eigenvalue weighted by molar-refractivity contribution is 5.85. The van der Waals surface area contributed by atoms with E-state index in [0.29, 0.717) is 25.3 Å². The van der Waals surface area contributed by atoms with Gasteiger partial charge < -0.3 is 19.9 Å². The van der Waals surface area contributed by atoms with E-state index in [9.17, 15) is 4.79 Å². The van der Waals surface area contributed by atoms with Crippen LogP contribution in [0.1, 0.15) is 17.9 Å². The molecule has 1 amide bonds. The molecule has 2 N–H and O–H groups in total. The van der Waals surface area contributed by atoms with Crippen molar-refractivity contribution in [1.82, 2.24) is 15.8 Å². The molecule has 0 bridgehead atoms. The minimum Gasteiger partial charge on any atom is -0.378 e. The lowest BCUT2D eigenvalue weighted by Crippen LogP contribution is -2.44. The Labute approximate surface area is 112 Å². The number of amides is 1. The molecule has 1 aromatic heterocycles. The molecule has 1 aliphatic rings. The van der Waals surface area contributed by atoms with Gasteiger partial charge in [-0.25, -0.2) is 0 Å². The molecule has 0 saturated carbocycles. The van der Waals surface area contributed by atoms with Crippen LogP contribution in [0.4, 0.5) is 0 Å². The number of halogens is 1. The Hall–Kier alpha value is -1.11. The number of rotatable bonds is 4. The Morgan fingerprint density at radius 2 is 2.50 bits per heavy atom. The van der Waals surface area contributed by atoms with E-state index >= 15 is 0 Å². The second kappa shape index (κ2) is 7.35.